The summed E-state index contributed by atoms with van der Waals surface area (Å²) >= 11 is 1.48. The average Bonchev–Trinajstić information content (AvgIpc) is 3.60. The van der Waals surface area contributed by atoms with Crippen LogP contribution in [-0.2, 0) is 4.79 Å². The number of aromatic amines is 1. The normalized spacial score (nSPS) is 21.0. The highest BCUT2D eigenvalue weighted by molar-refractivity contribution is 7.13. The first kappa shape index (κ1) is 24.1. The molecule has 3 aromatic rings. The van der Waals surface area contributed by atoms with Crippen LogP contribution in [0.2, 0.25) is 0 Å². The third-order valence-corrected chi connectivity index (χ3v) is 7.65. The maximum Gasteiger partial charge on any atom is 0.250 e. The topological polar surface area (TPSA) is 104 Å². The van der Waals surface area contributed by atoms with Crippen molar-refractivity contribution in [1.29, 1.82) is 0 Å². The molecule has 0 saturated carbocycles. The number of aromatic nitrogens is 3. The number of pyridine rings is 1. The van der Waals surface area contributed by atoms with Crippen LogP contribution in [0.3, 0.4) is 0 Å². The van der Waals surface area contributed by atoms with Crippen molar-refractivity contribution in [2.45, 2.75) is 24.9 Å². The molecule has 2 atom stereocenters. The molecule has 0 bridgehead atoms. The second-order valence-corrected chi connectivity index (χ2v) is 9.94. The Morgan fingerprint density at radius 3 is 2.72 bits per heavy atom. The van der Waals surface area contributed by atoms with Crippen LogP contribution in [0.15, 0.2) is 53.9 Å². The number of carbonyl (C=O) groups is 2. The molecule has 10 heteroatoms. The molecule has 2 aliphatic heterocycles. The molecular weight excluding hydrogens is 476 g/mol. The van der Waals surface area contributed by atoms with Gasteiger partial charge in [0.05, 0.1) is 40.6 Å². The third kappa shape index (κ3) is 4.16. The summed E-state index contributed by atoms with van der Waals surface area (Å²) < 4.78 is 5.57. The molecule has 2 unspecified atom stereocenters. The van der Waals surface area contributed by atoms with Gasteiger partial charge in [0.15, 0.2) is 5.78 Å². The Balaban J connectivity index is 1.37. The van der Waals surface area contributed by atoms with Gasteiger partial charge in [0.2, 0.25) is 0 Å². The van der Waals surface area contributed by atoms with Gasteiger partial charge < -0.3 is 14.6 Å². The lowest BCUT2D eigenvalue weighted by Crippen LogP contribution is -2.57. The molecule has 0 radical (unpaired) electrons. The van der Waals surface area contributed by atoms with Crippen LogP contribution in [0.25, 0.3) is 21.5 Å². The van der Waals surface area contributed by atoms with Gasteiger partial charge in [-0.15, -0.1) is 17.9 Å². The number of nitrogens with one attached hydrogen (secondary N) is 1. The first-order valence-electron chi connectivity index (χ1n) is 11.8. The zero-order valence-electron chi connectivity index (χ0n) is 20.3. The van der Waals surface area contributed by atoms with Gasteiger partial charge in [-0.3, -0.25) is 24.5 Å². The van der Waals surface area contributed by atoms with Crippen LogP contribution >= 0.6 is 11.3 Å². The predicted molar refractivity (Wildman–Crippen MR) is 141 cm³/mol. The van der Waals surface area contributed by atoms with Crippen molar-refractivity contribution in [2.24, 2.45) is 4.99 Å². The molecule has 0 aliphatic carbocycles. The van der Waals surface area contributed by atoms with Crippen molar-refractivity contribution < 1.29 is 14.3 Å². The number of fused-ring (bicyclic) bond motifs is 1. The molecule has 1 N–H and O–H groups in total. The smallest absolute Gasteiger partial charge is 0.250 e. The van der Waals surface area contributed by atoms with Crippen LogP contribution in [0, 0.1) is 0 Å². The number of Topliss-reactive ketones (excluding diaryl/α,β-unsaturated/α-hetero) is 1. The monoisotopic (exact) mass is 504 g/mol. The molecule has 2 aliphatic rings. The van der Waals surface area contributed by atoms with Crippen molar-refractivity contribution in [1.82, 2.24) is 24.8 Å². The number of H-pyrrole nitrogens is 1. The van der Waals surface area contributed by atoms with E-state index in [0.29, 0.717) is 49.3 Å². The molecule has 5 heterocycles. The molecule has 36 heavy (non-hydrogen) atoms. The molecule has 1 fully saturated rings. The van der Waals surface area contributed by atoms with Crippen LogP contribution in [0.5, 0.6) is 5.75 Å². The highest BCUT2D eigenvalue weighted by Crippen LogP contribution is 2.36. The first-order valence-corrected chi connectivity index (χ1v) is 12.7. The van der Waals surface area contributed by atoms with Gasteiger partial charge in [-0.1, -0.05) is 12.2 Å². The number of piperazine rings is 1. The summed E-state index contributed by atoms with van der Waals surface area (Å²) in [6, 6.07) is -0.530. The Bertz CT molecular complexity index is 1350. The maximum absolute atomic E-state index is 13.8. The number of ketones is 1. The fourth-order valence-electron chi connectivity index (χ4n) is 4.87. The molecule has 5 rings (SSSR count). The quantitative estimate of drug-likeness (QED) is 0.391. The minimum Gasteiger partial charge on any atom is -0.494 e. The number of methoxy groups -OCH3 is 1. The van der Waals surface area contributed by atoms with E-state index in [-0.39, 0.29) is 11.7 Å². The predicted octanol–water partition coefficient (Wildman–Crippen LogP) is 3.37. The number of amides is 1. The zero-order chi connectivity index (χ0) is 25.3. The van der Waals surface area contributed by atoms with Crippen LogP contribution in [0.1, 0.15) is 23.7 Å². The van der Waals surface area contributed by atoms with E-state index in [1.807, 2.05) is 24.0 Å². The Morgan fingerprint density at radius 2 is 2.08 bits per heavy atom. The molecule has 3 aromatic heterocycles. The molecule has 9 nitrogen and oxygen atoms in total. The summed E-state index contributed by atoms with van der Waals surface area (Å²) in [5, 5.41) is 0.692. The summed E-state index contributed by atoms with van der Waals surface area (Å²) in [6.07, 6.45) is 12.9. The van der Waals surface area contributed by atoms with E-state index >= 15 is 0 Å². The van der Waals surface area contributed by atoms with E-state index in [2.05, 4.69) is 31.4 Å². The van der Waals surface area contributed by atoms with Gasteiger partial charge in [-0.05, 0) is 19.4 Å². The van der Waals surface area contributed by atoms with Crippen molar-refractivity contribution in [3.63, 3.8) is 0 Å². The van der Waals surface area contributed by atoms with E-state index in [9.17, 15) is 9.59 Å². The summed E-state index contributed by atoms with van der Waals surface area (Å²) in [4.78, 5) is 48.1. The molecule has 186 valence electrons. The highest BCUT2D eigenvalue weighted by Gasteiger charge is 2.38. The summed E-state index contributed by atoms with van der Waals surface area (Å²) in [6.45, 7) is 8.02. The minimum atomic E-state index is -0.755. The highest BCUT2D eigenvalue weighted by atomic mass is 32.1. The maximum atomic E-state index is 13.8. The number of nitrogens with zero attached hydrogens (tertiary/aromatic N) is 5. The number of hydrogen-bond acceptors (Lipinski definition) is 8. The lowest BCUT2D eigenvalue weighted by molar-refractivity contribution is -0.138. The first-order chi connectivity index (χ1) is 17.5. The van der Waals surface area contributed by atoms with Gasteiger partial charge in [0, 0.05) is 50.4 Å². The molecule has 0 spiro atoms. The summed E-state index contributed by atoms with van der Waals surface area (Å²) in [5.74, 6) is 0.467. The second-order valence-electron chi connectivity index (χ2n) is 9.05. The van der Waals surface area contributed by atoms with E-state index < -0.39 is 11.6 Å². The Morgan fingerprint density at radius 1 is 1.28 bits per heavy atom. The summed E-state index contributed by atoms with van der Waals surface area (Å²) in [7, 11) is 1.57. The molecule has 1 amide bonds. The SMILES string of the molecule is C=CC(C(=O)c1c[nH]c2c(-c3cncs3)ncc(OC)c12)N1CCN(C(=O)C2(C)CC=CC=N2)CC1. The number of rotatable bonds is 7. The van der Waals surface area contributed by atoms with Gasteiger partial charge >= 0.3 is 0 Å². The fraction of sp³-hybridized carbons (Fsp3) is 0.346. The lowest BCUT2D eigenvalue weighted by Gasteiger charge is -2.40. The second kappa shape index (κ2) is 9.79. The third-order valence-electron chi connectivity index (χ3n) is 6.87. The number of allylic oxidation sites excluding steroid dienone is 1. The number of thiazole rings is 1. The van der Waals surface area contributed by atoms with Gasteiger partial charge in [-0.2, -0.15) is 0 Å². The molecular formula is C26H28N6O3S. The van der Waals surface area contributed by atoms with Crippen LogP contribution in [-0.4, -0.2) is 87.5 Å². The van der Waals surface area contributed by atoms with E-state index in [1.165, 1.54) is 11.3 Å². The van der Waals surface area contributed by atoms with E-state index in [4.69, 9.17) is 4.74 Å². The number of carbonyl (C=O) groups excluding carboxylic acids is 2. The lowest BCUT2D eigenvalue weighted by atomic mass is 9.94. The minimum absolute atomic E-state index is 0.0219. The number of hydrogen-bond donors (Lipinski definition) is 1. The van der Waals surface area contributed by atoms with Crippen molar-refractivity contribution in [2.75, 3.05) is 33.3 Å². The average molecular weight is 505 g/mol. The van der Waals surface area contributed by atoms with Crippen LogP contribution < -0.4 is 4.74 Å². The summed E-state index contributed by atoms with van der Waals surface area (Å²) in [5.41, 5.74) is 2.97. The molecule has 0 aromatic carbocycles. The standard InChI is InChI=1S/C26H28N6O3S/c1-4-18(31-9-11-32(12-10-31)25(34)26(2)7-5-6-8-30-26)24(33)17-13-28-23-21(17)19(35-3)14-29-22(23)20-15-27-16-36-20/h4-6,8,13-16,18,28H,1,7,9-12H2,2-3H3. The van der Waals surface area contributed by atoms with E-state index in [1.54, 1.807) is 43.5 Å². The Kier molecular flexibility index (Phi) is 6.55. The van der Waals surface area contributed by atoms with Crippen molar-refractivity contribution in [3.8, 4) is 16.3 Å². The Hall–Kier alpha value is -3.63. The zero-order valence-corrected chi connectivity index (χ0v) is 21.1. The largest absolute Gasteiger partial charge is 0.494 e. The van der Waals surface area contributed by atoms with Crippen molar-refractivity contribution >= 4 is 40.1 Å². The Labute approximate surface area is 213 Å². The van der Waals surface area contributed by atoms with Crippen molar-refractivity contribution in [3.05, 3.63) is 54.5 Å². The van der Waals surface area contributed by atoms with Gasteiger partial charge in [-0.25, -0.2) is 4.98 Å². The van der Waals surface area contributed by atoms with Gasteiger partial charge in [0.25, 0.3) is 5.91 Å². The fourth-order valence-corrected chi connectivity index (χ4v) is 5.50. The van der Waals surface area contributed by atoms with Crippen LogP contribution in [0.4, 0.5) is 0 Å². The van der Waals surface area contributed by atoms with E-state index in [0.717, 1.165) is 16.1 Å². The number of aliphatic imine (C=N–C) groups is 1. The molecule has 1 saturated heterocycles. The number of dihydropyridines is 1. The van der Waals surface area contributed by atoms with Gasteiger partial charge in [0.1, 0.15) is 17.0 Å². The number of ether oxygens (including phenoxy) is 1.